The zero-order chi connectivity index (χ0) is 28.8. The number of esters is 2. The fraction of sp³-hybridized carbons (Fsp3) is 0.840. The number of carbonyl (C=O) groups excluding carboxylic acids is 4. The van der Waals surface area contributed by atoms with E-state index in [1.807, 2.05) is 13.8 Å². The molecule has 220 valence electrons. The van der Waals surface area contributed by atoms with Gasteiger partial charge in [-0.05, 0) is 55.4 Å². The minimum absolute atomic E-state index is 0. The molecule has 1 fully saturated rings. The summed E-state index contributed by atoms with van der Waals surface area (Å²) in [5.74, 6) is -3.10. The van der Waals surface area contributed by atoms with Gasteiger partial charge < -0.3 is 39.0 Å². The van der Waals surface area contributed by atoms with Gasteiger partial charge in [0.2, 0.25) is 0 Å². The molecule has 1 aliphatic rings. The zero-order valence-corrected chi connectivity index (χ0v) is 23.0. The zero-order valence-electron chi connectivity index (χ0n) is 23.0. The van der Waals surface area contributed by atoms with Crippen molar-refractivity contribution >= 4 is 23.5 Å². The van der Waals surface area contributed by atoms with Crippen LogP contribution in [0.4, 0.5) is 0 Å². The number of hydrogen-bond donors (Lipinski definition) is 3. The summed E-state index contributed by atoms with van der Waals surface area (Å²) < 4.78 is 25.0. The van der Waals surface area contributed by atoms with Gasteiger partial charge in [-0.15, -0.1) is 0 Å². The number of ether oxygens (including phenoxy) is 5. The molecule has 1 saturated heterocycles. The lowest BCUT2D eigenvalue weighted by Gasteiger charge is -2.40. The number of aliphatic hydroxyl groups is 3. The quantitative estimate of drug-likeness (QED) is 0.266. The first-order chi connectivity index (χ1) is 16.5. The number of Topliss-reactive ketones (excluding diaryl/α,β-unsaturated/α-hetero) is 2. The first-order valence-electron chi connectivity index (χ1n) is 11.5. The summed E-state index contributed by atoms with van der Waals surface area (Å²) in [6.07, 6.45) is 0. The van der Waals surface area contributed by atoms with Crippen LogP contribution in [-0.4, -0.2) is 104 Å². The largest absolute Gasteiger partial charge is 0.465 e. The standard InChI is InChI=1S/C11H18O5.C8H14O5.C5H12O2.CH4/c1-5-14-9(13)11(8(2)12)6-15-10(3,4)16-7-11;1-3-13-7(12)8(4-9,5-10)6(2)11;1-5(2,4-6)7-3;/h5-7H2,1-4H3;9-10H,3-5H2,1-2H3;6H,4H2,1-3H3;1H4. The van der Waals surface area contributed by atoms with Gasteiger partial charge in [-0.3, -0.25) is 19.2 Å². The highest BCUT2D eigenvalue weighted by atomic mass is 16.7. The molecule has 12 heteroatoms. The van der Waals surface area contributed by atoms with E-state index in [0.717, 1.165) is 6.92 Å². The van der Waals surface area contributed by atoms with Crippen molar-refractivity contribution in [3.8, 4) is 0 Å². The van der Waals surface area contributed by atoms with Crippen LogP contribution in [0.3, 0.4) is 0 Å². The summed E-state index contributed by atoms with van der Waals surface area (Å²) >= 11 is 0. The number of rotatable bonds is 10. The van der Waals surface area contributed by atoms with Crippen LogP contribution in [0.5, 0.6) is 0 Å². The molecule has 0 spiro atoms. The smallest absolute Gasteiger partial charge is 0.324 e. The van der Waals surface area contributed by atoms with Gasteiger partial charge in [0.15, 0.2) is 28.2 Å². The SMILES string of the molecule is C.CCOC(=O)C(CO)(CO)C(C)=O.CCOC(=O)C1(C(C)=O)COC(C)(C)OC1.COC(C)(C)CO. The van der Waals surface area contributed by atoms with Crippen molar-refractivity contribution in [2.45, 2.75) is 74.2 Å². The van der Waals surface area contributed by atoms with Crippen LogP contribution in [0.25, 0.3) is 0 Å². The molecule has 0 aromatic rings. The Bertz CT molecular complexity index is 694. The molecular formula is C25H48O12. The molecule has 0 aliphatic carbocycles. The number of hydrogen-bond acceptors (Lipinski definition) is 12. The van der Waals surface area contributed by atoms with Crippen LogP contribution >= 0.6 is 0 Å². The Morgan fingerprint density at radius 1 is 0.865 bits per heavy atom. The van der Waals surface area contributed by atoms with Crippen molar-refractivity contribution in [2.75, 3.05) is 53.4 Å². The van der Waals surface area contributed by atoms with Crippen LogP contribution in [0.1, 0.15) is 62.8 Å². The predicted molar refractivity (Wildman–Crippen MR) is 135 cm³/mol. The highest BCUT2D eigenvalue weighted by Crippen LogP contribution is 2.31. The fourth-order valence-corrected chi connectivity index (χ4v) is 2.29. The summed E-state index contributed by atoms with van der Waals surface area (Å²) in [5.41, 5.74) is -3.46. The summed E-state index contributed by atoms with van der Waals surface area (Å²) in [5, 5.41) is 26.2. The van der Waals surface area contributed by atoms with Crippen LogP contribution in [0, 0.1) is 10.8 Å². The monoisotopic (exact) mass is 540 g/mol. The number of methoxy groups -OCH3 is 1. The van der Waals surface area contributed by atoms with Crippen molar-refractivity contribution < 1.29 is 58.2 Å². The van der Waals surface area contributed by atoms with Crippen LogP contribution < -0.4 is 0 Å². The van der Waals surface area contributed by atoms with Gasteiger partial charge in [0.05, 0.1) is 51.8 Å². The van der Waals surface area contributed by atoms with E-state index in [-0.39, 0.29) is 51.8 Å². The lowest BCUT2D eigenvalue weighted by atomic mass is 9.85. The number of aliphatic hydroxyl groups excluding tert-OH is 3. The van der Waals surface area contributed by atoms with E-state index >= 15 is 0 Å². The normalized spacial score (nSPS) is 15.9. The van der Waals surface area contributed by atoms with Gasteiger partial charge in [0, 0.05) is 7.11 Å². The lowest BCUT2D eigenvalue weighted by Crippen LogP contribution is -2.54. The Kier molecular flexibility index (Phi) is 18.7. The van der Waals surface area contributed by atoms with Gasteiger partial charge in [-0.25, -0.2) is 0 Å². The Morgan fingerprint density at radius 2 is 1.30 bits per heavy atom. The molecule has 12 nitrogen and oxygen atoms in total. The van der Waals surface area contributed by atoms with Gasteiger partial charge >= 0.3 is 11.9 Å². The Morgan fingerprint density at radius 3 is 1.54 bits per heavy atom. The van der Waals surface area contributed by atoms with E-state index in [1.165, 1.54) is 6.92 Å². The van der Waals surface area contributed by atoms with Gasteiger partial charge in [0.1, 0.15) is 0 Å². The molecule has 1 heterocycles. The van der Waals surface area contributed by atoms with Crippen molar-refractivity contribution in [2.24, 2.45) is 10.8 Å². The highest BCUT2D eigenvalue weighted by molar-refractivity contribution is 6.03. The van der Waals surface area contributed by atoms with Gasteiger partial charge in [0.25, 0.3) is 0 Å². The highest BCUT2D eigenvalue weighted by Gasteiger charge is 2.51. The average Bonchev–Trinajstić information content (AvgIpc) is 2.81. The molecule has 0 saturated carbocycles. The third-order valence-electron chi connectivity index (χ3n) is 5.49. The molecule has 0 unspecified atom stereocenters. The molecule has 1 rings (SSSR count). The maximum atomic E-state index is 11.8. The second-order valence-corrected chi connectivity index (χ2v) is 9.13. The summed E-state index contributed by atoms with van der Waals surface area (Å²) in [6, 6.07) is 0. The maximum absolute atomic E-state index is 11.8. The molecule has 1 aliphatic heterocycles. The topological polar surface area (TPSA) is 175 Å². The lowest BCUT2D eigenvalue weighted by molar-refractivity contribution is -0.278. The first kappa shape index (κ1) is 39.6. The molecule has 0 atom stereocenters. The first-order valence-corrected chi connectivity index (χ1v) is 11.5. The Labute approximate surface area is 220 Å². The summed E-state index contributed by atoms with van der Waals surface area (Å²) in [7, 11) is 1.58. The van der Waals surface area contributed by atoms with Crippen LogP contribution in [0.2, 0.25) is 0 Å². The fourth-order valence-electron chi connectivity index (χ4n) is 2.29. The van der Waals surface area contributed by atoms with Crippen LogP contribution in [-0.2, 0) is 42.9 Å². The minimum atomic E-state index is -1.80. The van der Waals surface area contributed by atoms with E-state index in [9.17, 15) is 19.2 Å². The average molecular weight is 541 g/mol. The van der Waals surface area contributed by atoms with Crippen molar-refractivity contribution in [1.29, 1.82) is 0 Å². The number of ketones is 2. The second kappa shape index (κ2) is 17.5. The van der Waals surface area contributed by atoms with Crippen molar-refractivity contribution in [1.82, 2.24) is 0 Å². The Balaban J connectivity index is -0.000000497. The van der Waals surface area contributed by atoms with E-state index in [4.69, 9.17) is 34.3 Å². The second-order valence-electron chi connectivity index (χ2n) is 9.13. The summed E-state index contributed by atoms with van der Waals surface area (Å²) in [4.78, 5) is 45.6. The van der Waals surface area contributed by atoms with E-state index < -0.39 is 47.6 Å². The van der Waals surface area contributed by atoms with E-state index in [0.29, 0.717) is 0 Å². The van der Waals surface area contributed by atoms with Crippen molar-refractivity contribution in [3.05, 3.63) is 0 Å². The third kappa shape index (κ3) is 12.0. The molecule has 0 aromatic heterocycles. The molecule has 3 N–H and O–H groups in total. The molecule has 0 radical (unpaired) electrons. The minimum Gasteiger partial charge on any atom is -0.465 e. The van der Waals surface area contributed by atoms with Crippen LogP contribution in [0.15, 0.2) is 0 Å². The van der Waals surface area contributed by atoms with E-state index in [2.05, 4.69) is 4.74 Å². The predicted octanol–water partition coefficient (Wildman–Crippen LogP) is 1.06. The van der Waals surface area contributed by atoms with E-state index in [1.54, 1.807) is 34.8 Å². The summed E-state index contributed by atoms with van der Waals surface area (Å²) in [6.45, 7) is 11.8. The third-order valence-corrected chi connectivity index (χ3v) is 5.49. The molecule has 0 bridgehead atoms. The number of carbonyl (C=O) groups is 4. The van der Waals surface area contributed by atoms with Crippen molar-refractivity contribution in [3.63, 3.8) is 0 Å². The van der Waals surface area contributed by atoms with Gasteiger partial charge in [-0.2, -0.15) is 0 Å². The molecule has 0 amide bonds. The maximum Gasteiger partial charge on any atom is 0.324 e. The van der Waals surface area contributed by atoms with Gasteiger partial charge in [-0.1, -0.05) is 7.43 Å². The molecule has 0 aromatic carbocycles. The molecule has 37 heavy (non-hydrogen) atoms. The molecular weight excluding hydrogens is 492 g/mol. The Hall–Kier alpha value is -1.96.